The number of nitrogens with zero attached hydrogens (tertiary/aromatic N) is 4. The number of hydrogen-bond acceptors (Lipinski definition) is 8. The minimum Gasteiger partial charge on any atom is -0.480 e. The molecular weight excluding hydrogens is 518 g/mol. The van der Waals surface area contributed by atoms with Crippen LogP contribution < -0.4 is 10.1 Å². The monoisotopic (exact) mass is 547 g/mol. The number of aromatic nitrogens is 3. The summed E-state index contributed by atoms with van der Waals surface area (Å²) in [6.45, 7) is 2.34. The number of anilines is 1. The quantitative estimate of drug-likeness (QED) is 0.252. The molecule has 4 aromatic rings. The predicted octanol–water partition coefficient (Wildman–Crippen LogP) is 4.22. The van der Waals surface area contributed by atoms with Crippen LogP contribution in [0.3, 0.4) is 0 Å². The van der Waals surface area contributed by atoms with E-state index in [1.165, 1.54) is 16.6 Å². The van der Waals surface area contributed by atoms with Gasteiger partial charge in [0.05, 0.1) is 24.5 Å². The number of pyridine rings is 3. The van der Waals surface area contributed by atoms with Crippen molar-refractivity contribution < 1.29 is 23.1 Å². The van der Waals surface area contributed by atoms with Gasteiger partial charge in [0.2, 0.25) is 5.88 Å². The predicted molar refractivity (Wildman–Crippen MR) is 146 cm³/mol. The molecule has 0 unspecified atom stereocenters. The second kappa shape index (κ2) is 12.9. The second-order valence-corrected chi connectivity index (χ2v) is 10.5. The summed E-state index contributed by atoms with van der Waals surface area (Å²) in [5, 5.41) is 11.6. The van der Waals surface area contributed by atoms with Gasteiger partial charge in [0.25, 0.3) is 10.0 Å². The van der Waals surface area contributed by atoms with Gasteiger partial charge < -0.3 is 15.2 Å². The molecule has 2 N–H and O–H groups in total. The molecule has 11 heteroatoms. The van der Waals surface area contributed by atoms with Crippen LogP contribution in [0.5, 0.6) is 5.88 Å². The summed E-state index contributed by atoms with van der Waals surface area (Å²) in [7, 11) is -3.97. The number of carboxylic acid groups (broad SMARTS) is 1. The van der Waals surface area contributed by atoms with Crippen molar-refractivity contribution >= 4 is 21.8 Å². The maximum Gasteiger partial charge on any atom is 0.322 e. The first-order valence-corrected chi connectivity index (χ1v) is 13.8. The molecule has 10 nitrogen and oxygen atoms in total. The number of carboxylic acids is 1. The van der Waals surface area contributed by atoms with Crippen molar-refractivity contribution in [3.05, 3.63) is 96.3 Å². The van der Waals surface area contributed by atoms with Crippen LogP contribution in [0.4, 0.5) is 5.82 Å². The van der Waals surface area contributed by atoms with E-state index >= 15 is 0 Å². The average molecular weight is 548 g/mol. The van der Waals surface area contributed by atoms with Crippen molar-refractivity contribution in [2.75, 3.05) is 18.5 Å². The minimum atomic E-state index is -3.97. The Kier molecular flexibility index (Phi) is 9.18. The molecule has 0 amide bonds. The Hall–Kier alpha value is -4.35. The fourth-order valence-electron chi connectivity index (χ4n) is 3.72. The molecular formula is C28H29N5O5S. The number of aliphatic carboxylic acids is 1. The minimum absolute atomic E-state index is 0.0401. The molecule has 0 aliphatic carbocycles. The summed E-state index contributed by atoms with van der Waals surface area (Å²) in [5.74, 6) is -0.133. The highest BCUT2D eigenvalue weighted by atomic mass is 32.2. The van der Waals surface area contributed by atoms with Crippen LogP contribution in [0.15, 0.2) is 90.1 Å². The first-order chi connectivity index (χ1) is 18.8. The summed E-state index contributed by atoms with van der Waals surface area (Å²) >= 11 is 0. The molecule has 0 saturated heterocycles. The SMILES string of the molecule is CCCOc1cccc(-c2ccc(CN(Cc3cccc(NCC(=O)O)n3)S(=O)(=O)c3ccccn3)cc2)n1. The molecule has 39 heavy (non-hydrogen) atoms. The molecule has 0 bridgehead atoms. The molecule has 0 radical (unpaired) electrons. The molecule has 1 aromatic carbocycles. The smallest absolute Gasteiger partial charge is 0.322 e. The van der Waals surface area contributed by atoms with Gasteiger partial charge in [-0.3, -0.25) is 4.79 Å². The molecule has 0 aliphatic rings. The lowest BCUT2D eigenvalue weighted by Gasteiger charge is -2.22. The second-order valence-electron chi connectivity index (χ2n) is 8.61. The Morgan fingerprint density at radius 3 is 2.46 bits per heavy atom. The third kappa shape index (κ3) is 7.59. The number of sulfonamides is 1. The Labute approximate surface area is 227 Å². The van der Waals surface area contributed by atoms with Gasteiger partial charge in [-0.2, -0.15) is 4.31 Å². The highest BCUT2D eigenvalue weighted by Crippen LogP contribution is 2.23. The Balaban J connectivity index is 1.58. The Morgan fingerprint density at radius 2 is 1.74 bits per heavy atom. The van der Waals surface area contributed by atoms with Crippen LogP contribution in [-0.2, 0) is 27.9 Å². The summed E-state index contributed by atoms with van der Waals surface area (Å²) < 4.78 is 34.1. The number of hydrogen-bond donors (Lipinski definition) is 2. The van der Waals surface area contributed by atoms with E-state index in [0.717, 1.165) is 23.2 Å². The Morgan fingerprint density at radius 1 is 0.949 bits per heavy atom. The van der Waals surface area contributed by atoms with E-state index < -0.39 is 16.0 Å². The summed E-state index contributed by atoms with van der Waals surface area (Å²) in [6.07, 6.45) is 2.32. The van der Waals surface area contributed by atoms with Gasteiger partial charge in [0.1, 0.15) is 12.4 Å². The van der Waals surface area contributed by atoms with Crippen molar-refractivity contribution in [3.8, 4) is 17.1 Å². The van der Waals surface area contributed by atoms with Crippen LogP contribution in [0, 0.1) is 0 Å². The van der Waals surface area contributed by atoms with Gasteiger partial charge in [-0.05, 0) is 42.3 Å². The van der Waals surface area contributed by atoms with Crippen molar-refractivity contribution in [2.45, 2.75) is 31.5 Å². The maximum absolute atomic E-state index is 13.6. The van der Waals surface area contributed by atoms with E-state index in [1.807, 2.05) is 49.4 Å². The molecule has 4 rings (SSSR count). The van der Waals surface area contributed by atoms with Crippen molar-refractivity contribution in [1.29, 1.82) is 0 Å². The highest BCUT2D eigenvalue weighted by Gasteiger charge is 2.26. The van der Waals surface area contributed by atoms with Crippen molar-refractivity contribution in [1.82, 2.24) is 19.3 Å². The van der Waals surface area contributed by atoms with Crippen LogP contribution in [-0.4, -0.2) is 51.9 Å². The van der Waals surface area contributed by atoms with Gasteiger partial charge in [-0.25, -0.2) is 23.4 Å². The zero-order valence-electron chi connectivity index (χ0n) is 21.4. The first-order valence-electron chi connectivity index (χ1n) is 12.4. The molecule has 0 aliphatic heterocycles. The molecule has 0 spiro atoms. The largest absolute Gasteiger partial charge is 0.480 e. The third-order valence-corrected chi connectivity index (χ3v) is 7.30. The molecule has 0 atom stereocenters. The van der Waals surface area contributed by atoms with Crippen LogP contribution in [0.2, 0.25) is 0 Å². The van der Waals surface area contributed by atoms with Crippen molar-refractivity contribution in [3.63, 3.8) is 0 Å². The topological polar surface area (TPSA) is 135 Å². The molecule has 3 heterocycles. The normalized spacial score (nSPS) is 11.3. The van der Waals surface area contributed by atoms with Gasteiger partial charge in [0, 0.05) is 24.4 Å². The van der Waals surface area contributed by atoms with Crippen molar-refractivity contribution in [2.24, 2.45) is 0 Å². The average Bonchev–Trinajstić information content (AvgIpc) is 2.96. The van der Waals surface area contributed by atoms with Gasteiger partial charge in [-0.1, -0.05) is 49.4 Å². The third-order valence-electron chi connectivity index (χ3n) is 5.59. The summed E-state index contributed by atoms with van der Waals surface area (Å²) in [6, 6.07) is 22.8. The lowest BCUT2D eigenvalue weighted by atomic mass is 10.1. The summed E-state index contributed by atoms with van der Waals surface area (Å²) in [5.41, 5.74) is 2.84. The number of nitrogens with one attached hydrogen (secondary N) is 1. The highest BCUT2D eigenvalue weighted by molar-refractivity contribution is 7.89. The molecule has 0 fully saturated rings. The van der Waals surface area contributed by atoms with E-state index in [2.05, 4.69) is 20.3 Å². The van der Waals surface area contributed by atoms with Crippen LogP contribution in [0.25, 0.3) is 11.3 Å². The van der Waals surface area contributed by atoms with Crippen LogP contribution >= 0.6 is 0 Å². The van der Waals surface area contributed by atoms with E-state index in [4.69, 9.17) is 9.84 Å². The zero-order chi connectivity index (χ0) is 27.7. The Bertz CT molecular complexity index is 1500. The van der Waals surface area contributed by atoms with E-state index in [0.29, 0.717) is 24.0 Å². The standard InChI is InChI=1S/C28H29N5O5S/c1-2-17-38-26-10-6-8-24(32-26)22-14-12-21(13-15-22)19-33(39(36,37)27-11-3-4-16-29-27)20-23-7-5-9-25(31-23)30-18-28(34)35/h3-16H,2,17-20H2,1H3,(H,30,31)(H,34,35). The van der Waals surface area contributed by atoms with Gasteiger partial charge in [-0.15, -0.1) is 0 Å². The zero-order valence-corrected chi connectivity index (χ0v) is 22.2. The van der Waals surface area contributed by atoms with E-state index in [-0.39, 0.29) is 24.7 Å². The van der Waals surface area contributed by atoms with Gasteiger partial charge >= 0.3 is 5.97 Å². The number of rotatable bonds is 13. The molecule has 3 aromatic heterocycles. The van der Waals surface area contributed by atoms with E-state index in [1.54, 1.807) is 30.3 Å². The van der Waals surface area contributed by atoms with Gasteiger partial charge in [0.15, 0.2) is 5.03 Å². The lowest BCUT2D eigenvalue weighted by Crippen LogP contribution is -2.31. The molecule has 0 saturated carbocycles. The fraction of sp³-hybridized carbons (Fsp3) is 0.214. The molecule has 202 valence electrons. The number of carbonyl (C=O) groups is 1. The van der Waals surface area contributed by atoms with Crippen LogP contribution in [0.1, 0.15) is 24.6 Å². The summed E-state index contributed by atoms with van der Waals surface area (Å²) in [4.78, 5) is 23.9. The van der Waals surface area contributed by atoms with E-state index in [9.17, 15) is 13.2 Å². The maximum atomic E-state index is 13.6. The lowest BCUT2D eigenvalue weighted by molar-refractivity contribution is -0.134. The number of ether oxygens (including phenoxy) is 1. The first kappa shape index (κ1) is 27.7. The fourth-order valence-corrected chi connectivity index (χ4v) is 5.05. The number of benzene rings is 1.